The van der Waals surface area contributed by atoms with Gasteiger partial charge in [-0.3, -0.25) is 9.59 Å². The van der Waals surface area contributed by atoms with Crippen LogP contribution in [0.25, 0.3) is 0 Å². The molecule has 0 bridgehead atoms. The second kappa shape index (κ2) is 15.7. The quantitative estimate of drug-likeness (QED) is 0.103. The first kappa shape index (κ1) is 35.8. The van der Waals surface area contributed by atoms with E-state index in [0.717, 1.165) is 19.9 Å². The molecule has 258 valence electrons. The van der Waals surface area contributed by atoms with Crippen LogP contribution in [0.15, 0.2) is 42.5 Å². The fraction of sp³-hybridized carbons (Fsp3) is 0.500. The Morgan fingerprint density at radius 2 is 1.36 bits per heavy atom. The molecule has 0 aromatic heterocycles. The Morgan fingerprint density at radius 1 is 0.723 bits per heavy atom. The summed E-state index contributed by atoms with van der Waals surface area (Å²) in [4.78, 5) is 36.4. The number of esters is 3. The van der Waals surface area contributed by atoms with E-state index in [1.807, 2.05) is 0 Å². The largest absolute Gasteiger partial charge is 0.507 e. The molecular formula is C30H36O17. The highest BCUT2D eigenvalue weighted by Gasteiger charge is 2.49. The van der Waals surface area contributed by atoms with Crippen LogP contribution < -0.4 is 9.47 Å². The van der Waals surface area contributed by atoms with Crippen LogP contribution in [-0.4, -0.2) is 128 Å². The number of aliphatic hydroxyl groups is 6. The SMILES string of the molecule is CC(=O)OC[C@H]1O[C@@H](Oc2cccc(O)c2C(=O)OCc2ccccc2O[C@@H]2O[C@H](CO)[C@@H](O)[C@H](O)[C@H]2O)[C@H](OC(C)=O)[C@@H](O)[C@@H]1O. The van der Waals surface area contributed by atoms with Crippen LogP contribution in [0.5, 0.6) is 17.2 Å². The first-order valence-electron chi connectivity index (χ1n) is 14.3. The summed E-state index contributed by atoms with van der Waals surface area (Å²) in [7, 11) is 0. The van der Waals surface area contributed by atoms with Crippen molar-refractivity contribution in [2.75, 3.05) is 13.2 Å². The van der Waals surface area contributed by atoms with E-state index in [2.05, 4.69) is 0 Å². The van der Waals surface area contributed by atoms with Gasteiger partial charge in [0.15, 0.2) is 6.10 Å². The second-order valence-electron chi connectivity index (χ2n) is 10.7. The number of rotatable bonds is 11. The van der Waals surface area contributed by atoms with Gasteiger partial charge in [0, 0.05) is 19.4 Å². The van der Waals surface area contributed by atoms with Crippen molar-refractivity contribution in [1.82, 2.24) is 0 Å². The molecule has 0 radical (unpaired) electrons. The van der Waals surface area contributed by atoms with Crippen LogP contribution in [0.3, 0.4) is 0 Å². The summed E-state index contributed by atoms with van der Waals surface area (Å²) in [6, 6.07) is 9.82. The van der Waals surface area contributed by atoms with E-state index in [-0.39, 0.29) is 17.1 Å². The zero-order valence-electron chi connectivity index (χ0n) is 25.1. The third-order valence-corrected chi connectivity index (χ3v) is 7.27. The molecule has 2 heterocycles. The average Bonchev–Trinajstić information content (AvgIpc) is 3.03. The van der Waals surface area contributed by atoms with Crippen molar-refractivity contribution in [2.24, 2.45) is 0 Å². The Labute approximate surface area is 267 Å². The number of aromatic hydroxyl groups is 1. The number of benzene rings is 2. The fourth-order valence-corrected chi connectivity index (χ4v) is 4.85. The van der Waals surface area contributed by atoms with Crippen LogP contribution in [0.1, 0.15) is 29.8 Å². The van der Waals surface area contributed by atoms with E-state index in [1.54, 1.807) is 12.1 Å². The number of hydrogen-bond donors (Lipinski definition) is 7. The first-order valence-corrected chi connectivity index (χ1v) is 14.3. The summed E-state index contributed by atoms with van der Waals surface area (Å²) >= 11 is 0. The average molecular weight is 669 g/mol. The van der Waals surface area contributed by atoms with Crippen molar-refractivity contribution in [3.63, 3.8) is 0 Å². The summed E-state index contributed by atoms with van der Waals surface area (Å²) in [6.45, 7) is 0.517. The van der Waals surface area contributed by atoms with Crippen molar-refractivity contribution < 1.29 is 83.3 Å². The summed E-state index contributed by atoms with van der Waals surface area (Å²) in [5, 5.41) is 71.7. The van der Waals surface area contributed by atoms with E-state index < -0.39 is 110 Å². The Kier molecular flexibility index (Phi) is 11.9. The third kappa shape index (κ3) is 8.45. The monoisotopic (exact) mass is 668 g/mol. The minimum absolute atomic E-state index is 0.0459. The van der Waals surface area contributed by atoms with Gasteiger partial charge in [0.25, 0.3) is 0 Å². The lowest BCUT2D eigenvalue weighted by Crippen LogP contribution is -2.61. The highest BCUT2D eigenvalue weighted by atomic mass is 16.7. The minimum Gasteiger partial charge on any atom is -0.507 e. The number of carbonyl (C=O) groups is 3. The number of aliphatic hydroxyl groups excluding tert-OH is 6. The predicted octanol–water partition coefficient (Wildman–Crippen LogP) is -1.75. The molecule has 47 heavy (non-hydrogen) atoms. The molecule has 2 aliphatic rings. The Bertz CT molecular complexity index is 1400. The van der Waals surface area contributed by atoms with Gasteiger partial charge in [-0.05, 0) is 18.2 Å². The van der Waals surface area contributed by atoms with Gasteiger partial charge in [0.2, 0.25) is 12.6 Å². The van der Waals surface area contributed by atoms with Gasteiger partial charge in [-0.25, -0.2) is 4.79 Å². The molecule has 4 rings (SSSR count). The van der Waals surface area contributed by atoms with Crippen molar-refractivity contribution in [2.45, 2.75) is 81.9 Å². The molecule has 0 spiro atoms. The molecule has 0 unspecified atom stereocenters. The maximum Gasteiger partial charge on any atom is 0.346 e. The summed E-state index contributed by atoms with van der Waals surface area (Å²) in [5.74, 6) is -3.56. The summed E-state index contributed by atoms with van der Waals surface area (Å²) in [5.41, 5.74) is -0.256. The Morgan fingerprint density at radius 3 is 2.04 bits per heavy atom. The molecule has 2 aromatic rings. The van der Waals surface area contributed by atoms with Gasteiger partial charge >= 0.3 is 17.9 Å². The van der Waals surface area contributed by atoms with Crippen LogP contribution in [0, 0.1) is 0 Å². The van der Waals surface area contributed by atoms with Crippen molar-refractivity contribution in [1.29, 1.82) is 0 Å². The summed E-state index contributed by atoms with van der Waals surface area (Å²) < 4.78 is 37.9. The number of phenols is 1. The predicted molar refractivity (Wildman–Crippen MR) is 152 cm³/mol. The van der Waals surface area contributed by atoms with E-state index in [0.29, 0.717) is 0 Å². The molecule has 7 N–H and O–H groups in total. The first-order chi connectivity index (χ1) is 22.3. The third-order valence-electron chi connectivity index (χ3n) is 7.27. The lowest BCUT2D eigenvalue weighted by atomic mass is 9.99. The van der Waals surface area contributed by atoms with Crippen molar-refractivity contribution >= 4 is 17.9 Å². The number of hydrogen-bond acceptors (Lipinski definition) is 17. The molecule has 17 heteroatoms. The van der Waals surface area contributed by atoms with Crippen LogP contribution in [-0.2, 0) is 39.9 Å². The Balaban J connectivity index is 1.52. The Hall–Kier alpha value is -4.07. The van der Waals surface area contributed by atoms with E-state index in [9.17, 15) is 50.1 Å². The second-order valence-corrected chi connectivity index (χ2v) is 10.7. The molecule has 17 nitrogen and oxygen atoms in total. The van der Waals surface area contributed by atoms with Gasteiger partial charge in [0.05, 0.1) is 6.61 Å². The molecule has 2 saturated heterocycles. The summed E-state index contributed by atoms with van der Waals surface area (Å²) in [6.07, 6.45) is -15.8. The molecule has 2 fully saturated rings. The number of carbonyl (C=O) groups excluding carboxylic acids is 3. The zero-order valence-corrected chi connectivity index (χ0v) is 25.1. The molecule has 0 aliphatic carbocycles. The fourth-order valence-electron chi connectivity index (χ4n) is 4.85. The van der Waals surface area contributed by atoms with Crippen LogP contribution in [0.4, 0.5) is 0 Å². The van der Waals surface area contributed by atoms with Crippen LogP contribution >= 0.6 is 0 Å². The number of phenolic OH excluding ortho intramolecular Hbond substituents is 1. The van der Waals surface area contributed by atoms with Gasteiger partial charge in [-0.2, -0.15) is 0 Å². The van der Waals surface area contributed by atoms with Gasteiger partial charge in [0.1, 0.15) is 78.8 Å². The maximum absolute atomic E-state index is 13.3. The molecule has 0 saturated carbocycles. The van der Waals surface area contributed by atoms with Gasteiger partial charge in [-0.1, -0.05) is 24.3 Å². The van der Waals surface area contributed by atoms with Crippen molar-refractivity contribution in [3.8, 4) is 17.2 Å². The highest BCUT2D eigenvalue weighted by molar-refractivity contribution is 5.95. The topological polar surface area (TPSA) is 257 Å². The van der Waals surface area contributed by atoms with E-state index in [4.69, 9.17) is 33.2 Å². The molecule has 10 atom stereocenters. The molecule has 0 amide bonds. The van der Waals surface area contributed by atoms with Crippen molar-refractivity contribution in [3.05, 3.63) is 53.6 Å². The van der Waals surface area contributed by atoms with Crippen LogP contribution in [0.2, 0.25) is 0 Å². The van der Waals surface area contributed by atoms with E-state index >= 15 is 0 Å². The zero-order chi connectivity index (χ0) is 34.4. The van der Waals surface area contributed by atoms with Gasteiger partial charge < -0.3 is 68.9 Å². The molecule has 2 aliphatic heterocycles. The van der Waals surface area contributed by atoms with Gasteiger partial charge in [-0.15, -0.1) is 0 Å². The lowest BCUT2D eigenvalue weighted by molar-refractivity contribution is -0.282. The standard InChI is InChI=1S/C30H36O17/c1-13(32)41-12-20-23(36)25(38)27(43-14(2)33)30(47-20)45-18-9-5-7-16(34)21(18)28(40)42-11-15-6-3-4-8-17(15)44-29-26(39)24(37)22(35)19(10-31)46-29/h3-9,19-20,22-27,29-31,34-39H,10-12H2,1-2H3/t19-,20-,22-,23-,24+,25+,26-,27-,29-,30-/m1/s1. The smallest absolute Gasteiger partial charge is 0.346 e. The normalized spacial score (nSPS) is 30.6. The number of ether oxygens (including phenoxy) is 7. The number of para-hydroxylation sites is 1. The molecular weight excluding hydrogens is 632 g/mol. The lowest BCUT2D eigenvalue weighted by Gasteiger charge is -2.41. The van der Waals surface area contributed by atoms with E-state index in [1.165, 1.54) is 24.3 Å². The minimum atomic E-state index is -1.77. The highest BCUT2D eigenvalue weighted by Crippen LogP contribution is 2.34. The molecule has 2 aromatic carbocycles. The maximum atomic E-state index is 13.3.